The average Bonchev–Trinajstić information content (AvgIpc) is 2.61. The molecule has 0 N–H and O–H groups in total. The Bertz CT molecular complexity index is 445. The molecule has 0 aliphatic rings. The second kappa shape index (κ2) is 3.98. The normalized spacial score (nSPS) is 12.0. The number of nitrogens with zero attached hydrogens (tertiary/aromatic N) is 2. The molecule has 0 saturated carbocycles. The number of fused-ring (bicyclic) bond motifs is 1. The number of para-hydroxylation sites is 1. The van der Waals surface area contributed by atoms with Gasteiger partial charge in [0.1, 0.15) is 10.7 Å². The van der Waals surface area contributed by atoms with Crippen molar-refractivity contribution < 1.29 is 4.28 Å². The van der Waals surface area contributed by atoms with E-state index >= 15 is 0 Å². The van der Waals surface area contributed by atoms with Gasteiger partial charge in [0, 0.05) is 0 Å². The quantitative estimate of drug-likeness (QED) is 0.368. The molecule has 0 bridgehead atoms. The molecule has 14 heavy (non-hydrogen) atoms. The molecule has 0 aliphatic carbocycles. The molecule has 0 radical (unpaired) electrons. The van der Waals surface area contributed by atoms with Crippen LogP contribution in [0.1, 0.15) is 11.9 Å². The molecule has 0 unspecified atom stereocenters. The number of thiol groups is 1. The first kappa shape index (κ1) is 9.48. The van der Waals surface area contributed by atoms with Crippen LogP contribution in [0.2, 0.25) is 0 Å². The summed E-state index contributed by atoms with van der Waals surface area (Å²) in [6.07, 6.45) is 0. The summed E-state index contributed by atoms with van der Waals surface area (Å²) in [5.41, 5.74) is 1.72. The lowest BCUT2D eigenvalue weighted by atomic mass is 10.3. The van der Waals surface area contributed by atoms with Gasteiger partial charge in [0.05, 0.1) is 23.1 Å². The molecule has 0 amide bonds. The van der Waals surface area contributed by atoms with Crippen molar-refractivity contribution in [1.29, 1.82) is 0 Å². The second-order valence-corrected chi connectivity index (χ2v) is 3.94. The molecular formula is C9H8N2OS2. The minimum absolute atomic E-state index is 0.737. The summed E-state index contributed by atoms with van der Waals surface area (Å²) in [5.74, 6) is 0. The predicted molar refractivity (Wildman–Crippen MR) is 61.9 cm³/mol. The number of benzene rings is 1. The highest BCUT2D eigenvalue weighted by atomic mass is 32.1. The number of oxime groups is 1. The van der Waals surface area contributed by atoms with Crippen LogP contribution in [-0.4, -0.2) is 10.7 Å². The summed E-state index contributed by atoms with van der Waals surface area (Å²) in [7, 11) is 0. The maximum atomic E-state index is 4.41. The minimum Gasteiger partial charge on any atom is -0.325 e. The van der Waals surface area contributed by atoms with Crippen molar-refractivity contribution in [2.75, 3.05) is 0 Å². The predicted octanol–water partition coefficient (Wildman–Crippen LogP) is 2.88. The van der Waals surface area contributed by atoms with E-state index in [2.05, 4.69) is 27.3 Å². The van der Waals surface area contributed by atoms with Crippen molar-refractivity contribution in [1.82, 2.24) is 4.98 Å². The Kier molecular flexibility index (Phi) is 2.69. The smallest absolute Gasteiger partial charge is 0.142 e. The standard InChI is InChI=1S/C9H8N2OS2/c1-6(11-12-13)9-10-7-4-2-3-5-8(7)14-9/h2-5,13H,1H3/b11-6+. The Hall–Kier alpha value is -1.07. The van der Waals surface area contributed by atoms with Crippen LogP contribution in [0, 0.1) is 0 Å². The van der Waals surface area contributed by atoms with Crippen molar-refractivity contribution in [3.8, 4) is 0 Å². The van der Waals surface area contributed by atoms with Gasteiger partial charge < -0.3 is 4.28 Å². The number of aromatic nitrogens is 1. The molecule has 3 nitrogen and oxygen atoms in total. The summed E-state index contributed by atoms with van der Waals surface area (Å²) in [6.45, 7) is 1.84. The molecule has 1 aromatic heterocycles. The van der Waals surface area contributed by atoms with E-state index in [9.17, 15) is 0 Å². The monoisotopic (exact) mass is 224 g/mol. The fraction of sp³-hybridized carbons (Fsp3) is 0.111. The Morgan fingerprint density at radius 2 is 2.29 bits per heavy atom. The zero-order valence-electron chi connectivity index (χ0n) is 7.47. The van der Waals surface area contributed by atoms with E-state index in [4.69, 9.17) is 0 Å². The SMILES string of the molecule is C/C(=N\OS)c1nc2ccccc2s1. The van der Waals surface area contributed by atoms with E-state index in [-0.39, 0.29) is 0 Å². The highest BCUT2D eigenvalue weighted by molar-refractivity contribution is 7.75. The Labute approximate surface area is 91.0 Å². The van der Waals surface area contributed by atoms with Gasteiger partial charge in [-0.05, 0) is 19.1 Å². The lowest BCUT2D eigenvalue weighted by Gasteiger charge is -1.89. The van der Waals surface area contributed by atoms with Crippen molar-refractivity contribution in [3.63, 3.8) is 0 Å². The largest absolute Gasteiger partial charge is 0.325 e. The number of rotatable bonds is 2. The minimum atomic E-state index is 0.737. The highest BCUT2D eigenvalue weighted by Crippen LogP contribution is 2.21. The molecule has 0 fully saturated rings. The number of hydrogen-bond acceptors (Lipinski definition) is 5. The van der Waals surface area contributed by atoms with Gasteiger partial charge in [-0.15, -0.1) is 11.3 Å². The zero-order valence-corrected chi connectivity index (χ0v) is 9.18. The van der Waals surface area contributed by atoms with E-state index in [1.807, 2.05) is 31.2 Å². The van der Waals surface area contributed by atoms with Crippen LogP contribution in [-0.2, 0) is 4.28 Å². The molecule has 2 aromatic rings. The van der Waals surface area contributed by atoms with E-state index in [0.29, 0.717) is 0 Å². The molecule has 2 rings (SSSR count). The van der Waals surface area contributed by atoms with Crippen LogP contribution in [0.15, 0.2) is 29.4 Å². The lowest BCUT2D eigenvalue weighted by molar-refractivity contribution is 0.414. The van der Waals surface area contributed by atoms with Crippen LogP contribution in [0.5, 0.6) is 0 Å². The van der Waals surface area contributed by atoms with Crippen LogP contribution < -0.4 is 0 Å². The highest BCUT2D eigenvalue weighted by Gasteiger charge is 2.05. The molecule has 0 aliphatic heterocycles. The topological polar surface area (TPSA) is 34.5 Å². The fourth-order valence-electron chi connectivity index (χ4n) is 1.13. The van der Waals surface area contributed by atoms with Gasteiger partial charge in [0.15, 0.2) is 0 Å². The summed E-state index contributed by atoms with van der Waals surface area (Å²) >= 11 is 5.15. The third-order valence-electron chi connectivity index (χ3n) is 1.78. The Morgan fingerprint density at radius 1 is 1.50 bits per heavy atom. The van der Waals surface area contributed by atoms with E-state index in [1.165, 1.54) is 0 Å². The number of hydrogen-bond donors (Lipinski definition) is 1. The van der Waals surface area contributed by atoms with Gasteiger partial charge in [0.25, 0.3) is 0 Å². The van der Waals surface area contributed by atoms with Gasteiger partial charge in [-0.25, -0.2) is 4.98 Å². The summed E-state index contributed by atoms with van der Waals surface area (Å²) in [4.78, 5) is 4.41. The van der Waals surface area contributed by atoms with Crippen molar-refractivity contribution in [2.24, 2.45) is 5.16 Å². The van der Waals surface area contributed by atoms with Gasteiger partial charge in [-0.2, -0.15) is 0 Å². The third kappa shape index (κ3) is 1.73. The lowest BCUT2D eigenvalue weighted by Crippen LogP contribution is -1.92. The molecule has 5 heteroatoms. The Balaban J connectivity index is 2.50. The first-order chi connectivity index (χ1) is 6.81. The molecule has 72 valence electrons. The molecule has 1 aromatic carbocycles. The molecule has 1 heterocycles. The molecule has 0 spiro atoms. The average molecular weight is 224 g/mol. The molecule has 0 saturated heterocycles. The van der Waals surface area contributed by atoms with Gasteiger partial charge >= 0.3 is 0 Å². The number of thiazole rings is 1. The van der Waals surface area contributed by atoms with Crippen LogP contribution in [0.4, 0.5) is 0 Å². The fourth-order valence-corrected chi connectivity index (χ4v) is 2.15. The van der Waals surface area contributed by atoms with E-state index < -0.39 is 0 Å². The Morgan fingerprint density at radius 3 is 3.00 bits per heavy atom. The van der Waals surface area contributed by atoms with Crippen LogP contribution in [0.3, 0.4) is 0 Å². The first-order valence-corrected chi connectivity index (χ1v) is 5.20. The van der Waals surface area contributed by atoms with E-state index in [1.54, 1.807) is 11.3 Å². The van der Waals surface area contributed by atoms with Crippen molar-refractivity contribution >= 4 is 40.2 Å². The van der Waals surface area contributed by atoms with E-state index in [0.717, 1.165) is 20.9 Å². The van der Waals surface area contributed by atoms with Gasteiger partial charge in [-0.3, -0.25) is 0 Å². The maximum absolute atomic E-state index is 4.41. The zero-order chi connectivity index (χ0) is 9.97. The summed E-state index contributed by atoms with van der Waals surface area (Å²) in [5, 5.41) is 4.58. The second-order valence-electron chi connectivity index (χ2n) is 2.75. The van der Waals surface area contributed by atoms with Crippen molar-refractivity contribution in [3.05, 3.63) is 29.3 Å². The molecule has 0 atom stereocenters. The van der Waals surface area contributed by atoms with Crippen LogP contribution in [0.25, 0.3) is 10.2 Å². The first-order valence-electron chi connectivity index (χ1n) is 4.02. The maximum Gasteiger partial charge on any atom is 0.142 e. The van der Waals surface area contributed by atoms with Crippen molar-refractivity contribution in [2.45, 2.75) is 6.92 Å². The third-order valence-corrected chi connectivity index (χ3v) is 3.01. The summed E-state index contributed by atoms with van der Waals surface area (Å²) < 4.78 is 5.55. The van der Waals surface area contributed by atoms with Gasteiger partial charge in [0.2, 0.25) is 0 Å². The summed E-state index contributed by atoms with van der Waals surface area (Å²) in [6, 6.07) is 7.97. The van der Waals surface area contributed by atoms with Gasteiger partial charge in [-0.1, -0.05) is 17.3 Å². The molecular weight excluding hydrogens is 216 g/mol. The van der Waals surface area contributed by atoms with Crippen LogP contribution >= 0.6 is 24.2 Å².